The van der Waals surface area contributed by atoms with Crippen LogP contribution in [0.4, 0.5) is 0 Å². The van der Waals surface area contributed by atoms with Gasteiger partial charge in [0.25, 0.3) is 0 Å². The molecule has 1 aromatic heterocycles. The molecule has 6 heteroatoms. The number of rotatable bonds is 4. The summed E-state index contributed by atoms with van der Waals surface area (Å²) in [7, 11) is 0. The molecule has 0 saturated heterocycles. The van der Waals surface area contributed by atoms with E-state index in [4.69, 9.17) is 0 Å². The first kappa shape index (κ1) is 15.9. The maximum Gasteiger partial charge on any atom is 0.102 e. The van der Waals surface area contributed by atoms with E-state index < -0.39 is 6.10 Å². The van der Waals surface area contributed by atoms with Gasteiger partial charge < -0.3 is 10.4 Å². The van der Waals surface area contributed by atoms with Crippen molar-refractivity contribution in [1.82, 2.24) is 5.32 Å². The minimum absolute atomic E-state index is 0. The monoisotopic (exact) mass is 377 g/mol. The van der Waals surface area contributed by atoms with Crippen molar-refractivity contribution in [2.75, 3.05) is 6.54 Å². The molecule has 0 aliphatic carbocycles. The molecular formula is C9H14Br2ClNOS. The van der Waals surface area contributed by atoms with Crippen molar-refractivity contribution in [2.45, 2.75) is 26.0 Å². The quantitative estimate of drug-likeness (QED) is 0.836. The van der Waals surface area contributed by atoms with Crippen molar-refractivity contribution in [2.24, 2.45) is 0 Å². The molecule has 88 valence electrons. The van der Waals surface area contributed by atoms with Crippen molar-refractivity contribution in [3.8, 4) is 0 Å². The first-order valence-corrected chi connectivity index (χ1v) is 6.82. The molecule has 0 radical (unpaired) electrons. The van der Waals surface area contributed by atoms with Crippen molar-refractivity contribution in [3.05, 3.63) is 19.2 Å². The summed E-state index contributed by atoms with van der Waals surface area (Å²) >= 11 is 8.38. The number of hydrogen-bond donors (Lipinski definition) is 2. The smallest absolute Gasteiger partial charge is 0.102 e. The molecule has 2 N–H and O–H groups in total. The van der Waals surface area contributed by atoms with Crippen LogP contribution in [0.15, 0.2) is 14.3 Å². The van der Waals surface area contributed by atoms with E-state index in [-0.39, 0.29) is 12.4 Å². The number of thiophene rings is 1. The van der Waals surface area contributed by atoms with Gasteiger partial charge in [0.2, 0.25) is 0 Å². The molecule has 0 bridgehead atoms. The fourth-order valence-electron chi connectivity index (χ4n) is 1.00. The van der Waals surface area contributed by atoms with Crippen molar-refractivity contribution in [3.63, 3.8) is 0 Å². The summed E-state index contributed by atoms with van der Waals surface area (Å²) in [4.78, 5) is 0.963. The van der Waals surface area contributed by atoms with Gasteiger partial charge in [-0.3, -0.25) is 0 Å². The standard InChI is InChI=1S/C9H13Br2NOS.ClH/c1-5(2)12-3-7(13)9-8(11)6(10)4-14-9;/h4-5,7,12-13H,3H2,1-2H3;1H. The second-order valence-electron chi connectivity index (χ2n) is 3.34. The molecule has 0 spiro atoms. The highest BCUT2D eigenvalue weighted by molar-refractivity contribution is 9.13. The summed E-state index contributed by atoms with van der Waals surface area (Å²) in [5.74, 6) is 0. The Morgan fingerprint density at radius 3 is 2.47 bits per heavy atom. The van der Waals surface area contributed by atoms with Crippen LogP contribution in [0.25, 0.3) is 0 Å². The average molecular weight is 380 g/mol. The maximum atomic E-state index is 9.86. The lowest BCUT2D eigenvalue weighted by Crippen LogP contribution is -2.27. The molecule has 2 nitrogen and oxygen atoms in total. The molecule has 0 fully saturated rings. The van der Waals surface area contributed by atoms with E-state index in [1.165, 1.54) is 0 Å². The SMILES string of the molecule is CC(C)NCC(O)c1scc(Br)c1Br.Cl. The lowest BCUT2D eigenvalue weighted by Gasteiger charge is -2.13. The van der Waals surface area contributed by atoms with E-state index in [0.717, 1.165) is 13.8 Å². The van der Waals surface area contributed by atoms with Crippen molar-refractivity contribution < 1.29 is 5.11 Å². The predicted molar refractivity (Wildman–Crippen MR) is 75.1 cm³/mol. The summed E-state index contributed by atoms with van der Waals surface area (Å²) in [6.07, 6.45) is -0.442. The van der Waals surface area contributed by atoms with Crippen molar-refractivity contribution >= 4 is 55.6 Å². The molecule has 1 unspecified atom stereocenters. The third kappa shape index (κ3) is 4.71. The molecule has 0 aliphatic heterocycles. The zero-order valence-corrected chi connectivity index (χ0v) is 13.3. The third-order valence-corrected chi connectivity index (χ3v) is 5.40. The minimum atomic E-state index is -0.442. The summed E-state index contributed by atoms with van der Waals surface area (Å²) in [5.41, 5.74) is 0. The highest BCUT2D eigenvalue weighted by Gasteiger charge is 2.15. The average Bonchev–Trinajstić information content (AvgIpc) is 2.44. The number of hydrogen-bond acceptors (Lipinski definition) is 3. The Balaban J connectivity index is 0.00000196. The molecule has 0 amide bonds. The first-order valence-electron chi connectivity index (χ1n) is 4.36. The molecule has 1 aromatic rings. The van der Waals surface area contributed by atoms with E-state index in [0.29, 0.717) is 12.6 Å². The number of aliphatic hydroxyl groups excluding tert-OH is 1. The Labute approximate surface area is 117 Å². The molecule has 15 heavy (non-hydrogen) atoms. The Morgan fingerprint density at radius 2 is 2.07 bits per heavy atom. The van der Waals surface area contributed by atoms with Gasteiger partial charge >= 0.3 is 0 Å². The van der Waals surface area contributed by atoms with Crippen LogP contribution in [0.2, 0.25) is 0 Å². The summed E-state index contributed by atoms with van der Waals surface area (Å²) in [5, 5.41) is 15.0. The Hall–Kier alpha value is 0.870. The molecule has 0 aromatic carbocycles. The van der Waals surface area contributed by atoms with Crippen LogP contribution in [0.5, 0.6) is 0 Å². The lowest BCUT2D eigenvalue weighted by molar-refractivity contribution is 0.174. The van der Waals surface area contributed by atoms with Gasteiger partial charge in [-0.15, -0.1) is 23.7 Å². The molecule has 1 rings (SSSR count). The van der Waals surface area contributed by atoms with Crippen LogP contribution >= 0.6 is 55.6 Å². The molecule has 1 heterocycles. The van der Waals surface area contributed by atoms with Crippen LogP contribution in [0.3, 0.4) is 0 Å². The van der Waals surface area contributed by atoms with Gasteiger partial charge in [0.05, 0.1) is 0 Å². The second kappa shape index (κ2) is 7.25. The third-order valence-electron chi connectivity index (χ3n) is 1.74. The van der Waals surface area contributed by atoms with Crippen LogP contribution in [0, 0.1) is 0 Å². The Bertz CT molecular complexity index is 306. The summed E-state index contributed by atoms with van der Waals surface area (Å²) < 4.78 is 1.96. The zero-order chi connectivity index (χ0) is 10.7. The summed E-state index contributed by atoms with van der Waals surface area (Å²) in [6, 6.07) is 0.395. The molecule has 0 saturated carbocycles. The van der Waals surface area contributed by atoms with Crippen LogP contribution in [0.1, 0.15) is 24.8 Å². The van der Waals surface area contributed by atoms with Gasteiger partial charge in [0, 0.05) is 31.8 Å². The van der Waals surface area contributed by atoms with Gasteiger partial charge in [-0.25, -0.2) is 0 Å². The molecule has 1 atom stereocenters. The normalized spacial score (nSPS) is 12.7. The predicted octanol–water partition coefficient (Wildman–Crippen LogP) is 3.73. The van der Waals surface area contributed by atoms with Crippen molar-refractivity contribution in [1.29, 1.82) is 0 Å². The largest absolute Gasteiger partial charge is 0.386 e. The topological polar surface area (TPSA) is 32.3 Å². The number of nitrogens with one attached hydrogen (secondary N) is 1. The van der Waals surface area contributed by atoms with Crippen LogP contribution in [-0.4, -0.2) is 17.7 Å². The van der Waals surface area contributed by atoms with E-state index in [1.54, 1.807) is 11.3 Å². The number of aliphatic hydroxyl groups is 1. The van der Waals surface area contributed by atoms with Crippen LogP contribution in [-0.2, 0) is 0 Å². The Morgan fingerprint density at radius 1 is 1.47 bits per heavy atom. The Kier molecular flexibility index (Phi) is 7.67. The molecule has 0 aliphatic rings. The van der Waals surface area contributed by atoms with Gasteiger partial charge in [-0.2, -0.15) is 0 Å². The zero-order valence-electron chi connectivity index (χ0n) is 8.46. The van der Waals surface area contributed by atoms with E-state index in [1.807, 2.05) is 5.38 Å². The maximum absolute atomic E-state index is 9.86. The molecular weight excluding hydrogens is 365 g/mol. The minimum Gasteiger partial charge on any atom is -0.386 e. The van der Waals surface area contributed by atoms with Gasteiger partial charge in [-0.05, 0) is 31.9 Å². The van der Waals surface area contributed by atoms with Gasteiger partial charge in [0.15, 0.2) is 0 Å². The van der Waals surface area contributed by atoms with Gasteiger partial charge in [-0.1, -0.05) is 13.8 Å². The van der Waals surface area contributed by atoms with E-state index in [2.05, 4.69) is 51.0 Å². The number of halogens is 3. The first-order chi connectivity index (χ1) is 6.52. The van der Waals surface area contributed by atoms with Crippen LogP contribution < -0.4 is 5.32 Å². The highest BCUT2D eigenvalue weighted by atomic mass is 79.9. The van der Waals surface area contributed by atoms with E-state index >= 15 is 0 Å². The fourth-order valence-corrected chi connectivity index (χ4v) is 3.24. The van der Waals surface area contributed by atoms with E-state index in [9.17, 15) is 5.11 Å². The lowest BCUT2D eigenvalue weighted by atomic mass is 10.2. The van der Waals surface area contributed by atoms with Gasteiger partial charge in [0.1, 0.15) is 6.10 Å². The highest BCUT2D eigenvalue weighted by Crippen LogP contribution is 2.36. The second-order valence-corrected chi connectivity index (χ2v) is 5.90. The fraction of sp³-hybridized carbons (Fsp3) is 0.556. The summed E-state index contributed by atoms with van der Waals surface area (Å²) in [6.45, 7) is 4.71.